The Hall–Kier alpha value is -2.78. The van der Waals surface area contributed by atoms with E-state index in [0.717, 1.165) is 23.9 Å². The molecule has 1 saturated heterocycles. The normalized spacial score (nSPS) is 17.9. The quantitative estimate of drug-likeness (QED) is 0.631. The van der Waals surface area contributed by atoms with Crippen LogP contribution in [0.15, 0.2) is 72.8 Å². The summed E-state index contributed by atoms with van der Waals surface area (Å²) in [6, 6.07) is 24.1. The van der Waals surface area contributed by atoms with Gasteiger partial charge < -0.3 is 0 Å². The Morgan fingerprint density at radius 3 is 2.48 bits per heavy atom. The number of nitrogens with zero attached hydrogens (tertiary/aromatic N) is 1. The predicted octanol–water partition coefficient (Wildman–Crippen LogP) is 4.50. The number of rotatable bonds is 5. The summed E-state index contributed by atoms with van der Waals surface area (Å²) in [6.07, 6.45) is 0.824. The summed E-state index contributed by atoms with van der Waals surface area (Å²) in [6.45, 7) is 2.26. The summed E-state index contributed by atoms with van der Waals surface area (Å²) < 4.78 is 0. The van der Waals surface area contributed by atoms with Gasteiger partial charge in [-0.3, -0.25) is 14.5 Å². The summed E-state index contributed by atoms with van der Waals surface area (Å²) in [4.78, 5) is 27.5. The minimum Gasteiger partial charge on any atom is -0.299 e. The van der Waals surface area contributed by atoms with Gasteiger partial charge in [-0.15, -0.1) is 0 Å². The first kappa shape index (κ1) is 17.6. The number of Topliss-reactive ketones (excluding diaryl/α,β-unsaturated/α-hetero) is 2. The van der Waals surface area contributed by atoms with E-state index in [-0.39, 0.29) is 17.5 Å². The van der Waals surface area contributed by atoms with E-state index in [9.17, 15) is 9.59 Å². The monoisotopic (exact) mass is 357 g/mol. The van der Waals surface area contributed by atoms with Gasteiger partial charge in [0, 0.05) is 44.0 Å². The third kappa shape index (κ3) is 4.15. The molecule has 3 heteroatoms. The molecule has 1 atom stereocenters. The van der Waals surface area contributed by atoms with Crippen molar-refractivity contribution in [3.05, 3.63) is 83.9 Å². The fourth-order valence-electron chi connectivity index (χ4n) is 3.85. The average Bonchev–Trinajstić information content (AvgIpc) is 2.71. The van der Waals surface area contributed by atoms with Crippen LogP contribution in [-0.2, 0) is 11.3 Å². The van der Waals surface area contributed by atoms with Gasteiger partial charge >= 0.3 is 0 Å². The van der Waals surface area contributed by atoms with Crippen molar-refractivity contribution in [2.75, 3.05) is 13.1 Å². The SMILES string of the molecule is O=C(CC1CN(Cc2ccccc2)CCC1=O)c1ccc2ccccc2c1. The number of hydrogen-bond acceptors (Lipinski definition) is 3. The molecule has 3 aromatic carbocycles. The van der Waals surface area contributed by atoms with Crippen LogP contribution in [0.25, 0.3) is 10.8 Å². The Labute approximate surface area is 159 Å². The third-order valence-electron chi connectivity index (χ3n) is 5.36. The summed E-state index contributed by atoms with van der Waals surface area (Å²) in [7, 11) is 0. The second-order valence-electron chi connectivity index (χ2n) is 7.32. The molecule has 1 aliphatic heterocycles. The van der Waals surface area contributed by atoms with Crippen LogP contribution < -0.4 is 0 Å². The van der Waals surface area contributed by atoms with Crippen LogP contribution in [0.2, 0.25) is 0 Å². The lowest BCUT2D eigenvalue weighted by molar-refractivity contribution is -0.126. The van der Waals surface area contributed by atoms with E-state index < -0.39 is 0 Å². The number of piperidine rings is 1. The Balaban J connectivity index is 1.44. The molecule has 0 aromatic heterocycles. The Bertz CT molecular complexity index is 964. The minimum absolute atomic E-state index is 0.0562. The van der Waals surface area contributed by atoms with E-state index in [4.69, 9.17) is 0 Å². The molecule has 1 unspecified atom stereocenters. The van der Waals surface area contributed by atoms with Crippen molar-refractivity contribution in [3.63, 3.8) is 0 Å². The van der Waals surface area contributed by atoms with Crippen LogP contribution in [0.5, 0.6) is 0 Å². The van der Waals surface area contributed by atoms with Crippen LogP contribution in [0.1, 0.15) is 28.8 Å². The van der Waals surface area contributed by atoms with Gasteiger partial charge in [-0.2, -0.15) is 0 Å². The van der Waals surface area contributed by atoms with Gasteiger partial charge in [0.05, 0.1) is 0 Å². The first-order valence-corrected chi connectivity index (χ1v) is 9.50. The molecule has 3 nitrogen and oxygen atoms in total. The maximum atomic E-state index is 12.8. The zero-order chi connectivity index (χ0) is 18.6. The average molecular weight is 357 g/mol. The lowest BCUT2D eigenvalue weighted by Crippen LogP contribution is -2.41. The van der Waals surface area contributed by atoms with Crippen LogP contribution >= 0.6 is 0 Å². The molecule has 1 heterocycles. The molecule has 0 spiro atoms. The zero-order valence-corrected chi connectivity index (χ0v) is 15.3. The zero-order valence-electron chi connectivity index (χ0n) is 15.3. The number of carbonyl (C=O) groups excluding carboxylic acids is 2. The number of fused-ring (bicyclic) bond motifs is 1. The minimum atomic E-state index is -0.207. The van der Waals surface area contributed by atoms with Gasteiger partial charge in [-0.1, -0.05) is 66.7 Å². The maximum Gasteiger partial charge on any atom is 0.163 e. The van der Waals surface area contributed by atoms with Crippen molar-refractivity contribution in [3.8, 4) is 0 Å². The molecule has 27 heavy (non-hydrogen) atoms. The number of carbonyl (C=O) groups is 2. The lowest BCUT2D eigenvalue weighted by Gasteiger charge is -2.31. The highest BCUT2D eigenvalue weighted by Crippen LogP contribution is 2.22. The standard InChI is InChI=1S/C24H23NO2/c26-23-12-13-25(16-18-6-2-1-3-7-18)17-22(23)15-24(27)21-11-10-19-8-4-5-9-20(19)14-21/h1-11,14,22H,12-13,15-17H2. The van der Waals surface area contributed by atoms with E-state index in [0.29, 0.717) is 24.9 Å². The first-order valence-electron chi connectivity index (χ1n) is 9.50. The molecule has 4 rings (SSSR count). The summed E-state index contributed by atoms with van der Waals surface area (Å²) >= 11 is 0. The largest absolute Gasteiger partial charge is 0.299 e. The van der Waals surface area contributed by atoms with Gasteiger partial charge in [-0.25, -0.2) is 0 Å². The summed E-state index contributed by atoms with van der Waals surface area (Å²) in [5, 5.41) is 2.18. The number of hydrogen-bond donors (Lipinski definition) is 0. The summed E-state index contributed by atoms with van der Waals surface area (Å²) in [5.74, 6) is 0.0653. The van der Waals surface area contributed by atoms with Gasteiger partial charge in [0.2, 0.25) is 0 Å². The molecule has 3 aromatic rings. The van der Waals surface area contributed by atoms with Gasteiger partial charge in [0.1, 0.15) is 5.78 Å². The Kier molecular flexibility index (Phi) is 5.12. The number of likely N-dealkylation sites (tertiary alicyclic amines) is 1. The fourth-order valence-corrected chi connectivity index (χ4v) is 3.85. The van der Waals surface area contributed by atoms with Crippen molar-refractivity contribution >= 4 is 22.3 Å². The molecule has 0 aliphatic carbocycles. The molecular weight excluding hydrogens is 334 g/mol. The molecule has 0 radical (unpaired) electrons. The van der Waals surface area contributed by atoms with Crippen molar-refractivity contribution < 1.29 is 9.59 Å². The molecule has 1 aliphatic rings. The smallest absolute Gasteiger partial charge is 0.163 e. The van der Waals surface area contributed by atoms with Crippen LogP contribution in [0.3, 0.4) is 0 Å². The molecule has 0 bridgehead atoms. The third-order valence-corrected chi connectivity index (χ3v) is 5.36. The molecular formula is C24H23NO2. The van der Waals surface area contributed by atoms with Crippen molar-refractivity contribution in [1.82, 2.24) is 4.90 Å². The molecule has 0 amide bonds. The molecule has 0 saturated carbocycles. The first-order chi connectivity index (χ1) is 13.2. The second kappa shape index (κ2) is 7.85. The van der Waals surface area contributed by atoms with Crippen molar-refractivity contribution in [2.24, 2.45) is 5.92 Å². The summed E-state index contributed by atoms with van der Waals surface area (Å²) in [5.41, 5.74) is 1.94. The topological polar surface area (TPSA) is 37.4 Å². The Morgan fingerprint density at radius 2 is 1.67 bits per heavy atom. The molecule has 136 valence electrons. The van der Waals surface area contributed by atoms with E-state index >= 15 is 0 Å². The second-order valence-corrected chi connectivity index (χ2v) is 7.32. The van der Waals surface area contributed by atoms with E-state index in [1.807, 2.05) is 60.7 Å². The van der Waals surface area contributed by atoms with E-state index in [1.54, 1.807) is 0 Å². The van der Waals surface area contributed by atoms with Crippen LogP contribution in [0, 0.1) is 5.92 Å². The Morgan fingerprint density at radius 1 is 0.926 bits per heavy atom. The molecule has 1 fully saturated rings. The highest BCUT2D eigenvalue weighted by Gasteiger charge is 2.29. The lowest BCUT2D eigenvalue weighted by atomic mass is 9.89. The van der Waals surface area contributed by atoms with Gasteiger partial charge in [-0.05, 0) is 22.4 Å². The van der Waals surface area contributed by atoms with Crippen LogP contribution in [-0.4, -0.2) is 29.6 Å². The number of benzene rings is 3. The van der Waals surface area contributed by atoms with Gasteiger partial charge in [0.15, 0.2) is 5.78 Å². The van der Waals surface area contributed by atoms with E-state index in [2.05, 4.69) is 17.0 Å². The number of ketones is 2. The highest BCUT2D eigenvalue weighted by atomic mass is 16.1. The van der Waals surface area contributed by atoms with Crippen molar-refractivity contribution in [2.45, 2.75) is 19.4 Å². The van der Waals surface area contributed by atoms with Crippen molar-refractivity contribution in [1.29, 1.82) is 0 Å². The molecule has 0 N–H and O–H groups in total. The van der Waals surface area contributed by atoms with E-state index in [1.165, 1.54) is 5.56 Å². The van der Waals surface area contributed by atoms with Crippen LogP contribution in [0.4, 0.5) is 0 Å². The maximum absolute atomic E-state index is 12.8. The highest BCUT2D eigenvalue weighted by molar-refractivity contribution is 6.02. The van der Waals surface area contributed by atoms with Gasteiger partial charge in [0.25, 0.3) is 0 Å². The fraction of sp³-hybridized carbons (Fsp3) is 0.250. The predicted molar refractivity (Wildman–Crippen MR) is 108 cm³/mol.